The van der Waals surface area contributed by atoms with Gasteiger partial charge in [-0.15, -0.1) is 0 Å². The third-order valence-electron chi connectivity index (χ3n) is 9.64. The van der Waals surface area contributed by atoms with E-state index in [4.69, 9.17) is 4.84 Å². The van der Waals surface area contributed by atoms with Crippen LogP contribution < -0.4 is 0 Å². The molecule has 0 aromatic carbocycles. The molecule has 34 heavy (non-hydrogen) atoms. The van der Waals surface area contributed by atoms with E-state index in [1.807, 2.05) is 13.8 Å². The molecule has 0 aromatic rings. The molecule has 3 saturated carbocycles. The second-order valence-electron chi connectivity index (χ2n) is 11.0. The molecule has 0 unspecified atom stereocenters. The van der Waals surface area contributed by atoms with Crippen molar-refractivity contribution in [3.05, 3.63) is 23.8 Å². The van der Waals surface area contributed by atoms with Crippen LogP contribution in [0.25, 0.3) is 0 Å². The van der Waals surface area contributed by atoms with Crippen LogP contribution in [0.4, 0.5) is 13.2 Å². The quantitative estimate of drug-likeness (QED) is 0.628. The maximum Gasteiger partial charge on any atom is 0.226 e. The predicted octanol–water partition coefficient (Wildman–Crippen LogP) is 4.11. The number of hydrogen-bond donors (Lipinski definition) is 1. The van der Waals surface area contributed by atoms with Crippen molar-refractivity contribution >= 4 is 22.7 Å². The summed E-state index contributed by atoms with van der Waals surface area (Å²) in [5.41, 5.74) is -6.00. The number of nitrogens with zero attached hydrogens (tertiary/aromatic N) is 1. The Morgan fingerprint density at radius 1 is 1.32 bits per heavy atom. The molecule has 5 nitrogen and oxygen atoms in total. The third-order valence-corrected chi connectivity index (χ3v) is 10.3. The number of rotatable bonds is 4. The van der Waals surface area contributed by atoms with Gasteiger partial charge in [0, 0.05) is 35.8 Å². The number of halogens is 3. The van der Waals surface area contributed by atoms with E-state index in [2.05, 4.69) is 0 Å². The fourth-order valence-corrected chi connectivity index (χ4v) is 8.95. The van der Waals surface area contributed by atoms with E-state index >= 15 is 8.78 Å². The summed E-state index contributed by atoms with van der Waals surface area (Å²) in [6, 6.07) is -0.901. The summed E-state index contributed by atoms with van der Waals surface area (Å²) in [6.07, 6.45) is 1.76. The topological polar surface area (TPSA) is 66.8 Å². The Labute approximate surface area is 202 Å². The molecule has 1 aliphatic heterocycles. The number of ketones is 1. The first-order valence-corrected chi connectivity index (χ1v) is 13.1. The van der Waals surface area contributed by atoms with Crippen molar-refractivity contribution in [2.75, 3.05) is 19.1 Å². The summed E-state index contributed by atoms with van der Waals surface area (Å²) in [6.45, 7) is 6.43. The molecule has 0 aromatic heterocycles. The minimum atomic E-state index is -2.21. The van der Waals surface area contributed by atoms with Gasteiger partial charge in [-0.25, -0.2) is 13.2 Å². The van der Waals surface area contributed by atoms with Crippen molar-refractivity contribution in [2.24, 2.45) is 28.6 Å². The largest absolute Gasteiger partial charge is 0.390 e. The molecule has 0 radical (unpaired) electrons. The van der Waals surface area contributed by atoms with E-state index in [0.29, 0.717) is 31.3 Å². The van der Waals surface area contributed by atoms with E-state index in [1.54, 1.807) is 12.0 Å². The van der Waals surface area contributed by atoms with Crippen LogP contribution in [-0.2, 0) is 14.4 Å². The number of carbonyl (C=O) groups is 2. The summed E-state index contributed by atoms with van der Waals surface area (Å²) in [5.74, 6) is -2.02. The summed E-state index contributed by atoms with van der Waals surface area (Å²) >= 11 is 0.554. The summed E-state index contributed by atoms with van der Waals surface area (Å²) in [5, 5.41) is 12.7. The zero-order valence-corrected chi connectivity index (χ0v) is 20.5. The first-order valence-electron chi connectivity index (χ1n) is 12.1. The fraction of sp³-hybridized carbons (Fsp3) is 0.760. The van der Waals surface area contributed by atoms with Crippen molar-refractivity contribution in [1.29, 1.82) is 0 Å². The van der Waals surface area contributed by atoms with Crippen molar-refractivity contribution in [3.63, 3.8) is 0 Å². The number of aliphatic hydroxyl groups excluding tert-OH is 1. The maximum atomic E-state index is 17.3. The lowest BCUT2D eigenvalue weighted by Crippen LogP contribution is -2.70. The van der Waals surface area contributed by atoms with Gasteiger partial charge in [0.1, 0.15) is 12.2 Å². The highest BCUT2D eigenvalue weighted by atomic mass is 32.2. The summed E-state index contributed by atoms with van der Waals surface area (Å²) in [7, 11) is 0. The first kappa shape index (κ1) is 24.5. The van der Waals surface area contributed by atoms with Gasteiger partial charge in [0.25, 0.3) is 0 Å². The Bertz CT molecular complexity index is 976. The SMILES string of the molecule is CCCN1C[C@@H]2C[C@H]3[C@@H]4C[C@H](F)C5=CC(=O)C=C[C@]5(C)[C@@]4(F)[C@@H](O)C[C@]3(C)[C@]2(C(=O)SCF)O1. The van der Waals surface area contributed by atoms with Gasteiger partial charge in [-0.3, -0.25) is 14.4 Å². The predicted molar refractivity (Wildman–Crippen MR) is 122 cm³/mol. The zero-order chi connectivity index (χ0) is 24.7. The van der Waals surface area contributed by atoms with Crippen LogP contribution in [-0.4, -0.2) is 63.7 Å². The van der Waals surface area contributed by atoms with Crippen LogP contribution in [0.1, 0.15) is 46.5 Å². The van der Waals surface area contributed by atoms with Crippen LogP contribution in [0.3, 0.4) is 0 Å². The molecule has 9 atom stereocenters. The molecule has 1 heterocycles. The summed E-state index contributed by atoms with van der Waals surface area (Å²) < 4.78 is 46.2. The Morgan fingerprint density at radius 2 is 2.06 bits per heavy atom. The standard InChI is InChI=1S/C25H32F3NO4S/c1-4-7-29-12-14-8-16-17-10-19(27)18-9-15(30)5-6-22(18,2)24(17,28)20(31)11-23(16,3)25(14,33-29)21(32)34-13-26/h5-6,9,14,16-17,19-20,31H,4,7-8,10-13H2,1-3H3/t14-,16-,17-,19-,20-,22-,23-,24-,25-/m0/s1. The van der Waals surface area contributed by atoms with Crippen molar-refractivity contribution in [3.8, 4) is 0 Å². The highest BCUT2D eigenvalue weighted by Crippen LogP contribution is 2.73. The van der Waals surface area contributed by atoms with E-state index in [9.17, 15) is 19.1 Å². The van der Waals surface area contributed by atoms with Gasteiger partial charge < -0.3 is 5.11 Å². The van der Waals surface area contributed by atoms with Gasteiger partial charge in [-0.2, -0.15) is 5.06 Å². The van der Waals surface area contributed by atoms with E-state index in [1.165, 1.54) is 18.2 Å². The molecule has 4 aliphatic carbocycles. The van der Waals surface area contributed by atoms with Crippen LogP contribution in [0.5, 0.6) is 0 Å². The molecule has 1 N–H and O–H groups in total. The Balaban J connectivity index is 1.61. The number of allylic oxidation sites excluding steroid dienone is 4. The molecule has 0 spiro atoms. The average Bonchev–Trinajstić information content (AvgIpc) is 3.25. The molecule has 188 valence electrons. The third kappa shape index (κ3) is 2.81. The number of alkyl halides is 3. The lowest BCUT2D eigenvalue weighted by atomic mass is 9.44. The Hall–Kier alpha value is -1.16. The number of thioether (sulfide) groups is 1. The Kier molecular flexibility index (Phi) is 5.71. The molecule has 5 rings (SSSR count). The van der Waals surface area contributed by atoms with Crippen molar-refractivity contribution in [1.82, 2.24) is 5.06 Å². The lowest BCUT2D eigenvalue weighted by Gasteiger charge is -2.63. The van der Waals surface area contributed by atoms with E-state index in [0.717, 1.165) is 6.42 Å². The molecular formula is C25H32F3NO4S. The Morgan fingerprint density at radius 3 is 2.74 bits per heavy atom. The van der Waals surface area contributed by atoms with Crippen LogP contribution >= 0.6 is 11.8 Å². The van der Waals surface area contributed by atoms with E-state index < -0.39 is 57.3 Å². The van der Waals surface area contributed by atoms with Crippen molar-refractivity contribution < 1.29 is 32.7 Å². The number of hydroxylamine groups is 2. The van der Waals surface area contributed by atoms with E-state index in [-0.39, 0.29) is 30.1 Å². The summed E-state index contributed by atoms with van der Waals surface area (Å²) in [4.78, 5) is 31.8. The highest BCUT2D eigenvalue weighted by molar-refractivity contribution is 8.13. The van der Waals surface area contributed by atoms with Gasteiger partial charge in [0.2, 0.25) is 5.12 Å². The van der Waals surface area contributed by atoms with Gasteiger partial charge in [0.05, 0.1) is 6.10 Å². The van der Waals surface area contributed by atoms with Gasteiger partial charge in [-0.1, -0.05) is 31.7 Å². The number of aliphatic hydroxyl groups is 1. The second kappa shape index (κ2) is 7.92. The fourth-order valence-electron chi connectivity index (χ4n) is 8.20. The second-order valence-corrected chi connectivity index (χ2v) is 11.9. The van der Waals surface area contributed by atoms with Crippen molar-refractivity contribution in [2.45, 2.75) is 70.0 Å². The van der Waals surface area contributed by atoms with Crippen LogP contribution in [0.15, 0.2) is 23.8 Å². The van der Waals surface area contributed by atoms with Gasteiger partial charge in [-0.05, 0) is 56.3 Å². The number of hydrogen-bond acceptors (Lipinski definition) is 6. The molecular weight excluding hydrogens is 467 g/mol. The van der Waals surface area contributed by atoms with Crippen LogP contribution in [0.2, 0.25) is 0 Å². The van der Waals surface area contributed by atoms with Crippen LogP contribution in [0, 0.1) is 28.6 Å². The smallest absolute Gasteiger partial charge is 0.226 e. The lowest BCUT2D eigenvalue weighted by molar-refractivity contribution is -0.263. The molecule has 9 heteroatoms. The highest BCUT2D eigenvalue weighted by Gasteiger charge is 2.79. The maximum absolute atomic E-state index is 17.3. The number of carbonyl (C=O) groups excluding carboxylic acids is 2. The van der Waals surface area contributed by atoms with Gasteiger partial charge >= 0.3 is 0 Å². The molecule has 0 bridgehead atoms. The average molecular weight is 500 g/mol. The molecule has 5 aliphatic rings. The van der Waals surface area contributed by atoms with Gasteiger partial charge in [0.15, 0.2) is 17.1 Å². The molecule has 4 fully saturated rings. The molecule has 1 saturated heterocycles. The normalized spacial score (nSPS) is 49.8. The minimum Gasteiger partial charge on any atom is -0.390 e. The zero-order valence-electron chi connectivity index (χ0n) is 19.7. The molecule has 0 amide bonds. The monoisotopic (exact) mass is 499 g/mol. The number of fused-ring (bicyclic) bond motifs is 7. The first-order chi connectivity index (χ1) is 16.0. The minimum absolute atomic E-state index is 0.0681.